The Hall–Kier alpha value is -7.68. The van der Waals surface area contributed by atoms with Gasteiger partial charge in [-0.3, -0.25) is 0 Å². The molecule has 0 aliphatic carbocycles. The Kier molecular flexibility index (Phi) is 9.27. The quantitative estimate of drug-likeness (QED) is 0.146. The van der Waals surface area contributed by atoms with Crippen LogP contribution in [0.4, 0.5) is 17.1 Å². The summed E-state index contributed by atoms with van der Waals surface area (Å²) in [6, 6.07) is 84.2. The van der Waals surface area contributed by atoms with Crippen LogP contribution in [0, 0.1) is 0 Å². The zero-order valence-corrected chi connectivity index (χ0v) is 31.9. The van der Waals surface area contributed by atoms with Gasteiger partial charge in [-0.1, -0.05) is 182 Å². The minimum absolute atomic E-state index is 0.859. The van der Waals surface area contributed by atoms with Gasteiger partial charge in [-0.25, -0.2) is 0 Å². The van der Waals surface area contributed by atoms with Gasteiger partial charge in [0.05, 0.1) is 5.69 Å². The summed E-state index contributed by atoms with van der Waals surface area (Å²) in [4.78, 5) is 2.37. The molecule has 0 atom stereocenters. The maximum absolute atomic E-state index is 6.46. The van der Waals surface area contributed by atoms with Gasteiger partial charge >= 0.3 is 0 Å². The van der Waals surface area contributed by atoms with Gasteiger partial charge in [0.1, 0.15) is 11.3 Å². The van der Waals surface area contributed by atoms with E-state index in [9.17, 15) is 0 Å². The van der Waals surface area contributed by atoms with Gasteiger partial charge in [-0.05, 0) is 105 Å². The van der Waals surface area contributed by atoms with E-state index >= 15 is 0 Å². The molecule has 0 saturated heterocycles. The normalized spacial score (nSPS) is 11.1. The van der Waals surface area contributed by atoms with Gasteiger partial charge in [-0.15, -0.1) is 0 Å². The van der Waals surface area contributed by atoms with Crippen LogP contribution in [0.2, 0.25) is 0 Å². The van der Waals surface area contributed by atoms with Gasteiger partial charge in [0.25, 0.3) is 0 Å². The molecule has 274 valence electrons. The number of fused-ring (bicyclic) bond motifs is 1. The Morgan fingerprint density at radius 3 is 1.36 bits per heavy atom. The highest BCUT2D eigenvalue weighted by Crippen LogP contribution is 2.43. The molecule has 0 aliphatic rings. The van der Waals surface area contributed by atoms with Crippen molar-refractivity contribution >= 4 is 28.0 Å². The smallest absolute Gasteiger partial charge is 0.136 e. The number of anilines is 3. The Bertz CT molecular complexity index is 2930. The fourth-order valence-corrected chi connectivity index (χ4v) is 7.98. The van der Waals surface area contributed by atoms with E-state index in [1.165, 1.54) is 33.4 Å². The lowest BCUT2D eigenvalue weighted by Crippen LogP contribution is -2.11. The third kappa shape index (κ3) is 6.89. The van der Waals surface area contributed by atoms with Crippen molar-refractivity contribution in [2.45, 2.75) is 0 Å². The van der Waals surface area contributed by atoms with E-state index in [-0.39, 0.29) is 0 Å². The highest BCUT2D eigenvalue weighted by atomic mass is 16.3. The van der Waals surface area contributed by atoms with Crippen LogP contribution in [-0.2, 0) is 0 Å². The fraction of sp³-hybridized carbons (Fsp3) is 0. The van der Waals surface area contributed by atoms with Crippen LogP contribution in [0.15, 0.2) is 241 Å². The van der Waals surface area contributed by atoms with Crippen molar-refractivity contribution in [3.63, 3.8) is 0 Å². The third-order valence-electron chi connectivity index (χ3n) is 10.9. The molecule has 2 nitrogen and oxygen atoms in total. The molecule has 0 radical (unpaired) electrons. The molecule has 0 amide bonds. The summed E-state index contributed by atoms with van der Waals surface area (Å²) in [7, 11) is 0. The third-order valence-corrected chi connectivity index (χ3v) is 10.9. The van der Waals surface area contributed by atoms with Gasteiger partial charge in [0, 0.05) is 27.9 Å². The molecule has 1 heterocycles. The molecule has 58 heavy (non-hydrogen) atoms. The van der Waals surface area contributed by atoms with Crippen LogP contribution in [-0.4, -0.2) is 0 Å². The molecule has 0 saturated carbocycles. The second-order valence-electron chi connectivity index (χ2n) is 14.5. The SMILES string of the molecule is c1ccc(-c2cccc(-c3ccc(N(c4ccc(-c5ccc(-c6ccccc6)c(-c6cc7ccccc7o6)c5)cc4)c4ccccc4-c4ccccc4)cc3)c2)cc1. The first-order chi connectivity index (χ1) is 28.7. The molecule has 0 unspecified atom stereocenters. The van der Waals surface area contributed by atoms with E-state index in [0.29, 0.717) is 0 Å². The molecule has 10 rings (SSSR count). The van der Waals surface area contributed by atoms with Crippen molar-refractivity contribution in [3.8, 4) is 67.0 Å². The van der Waals surface area contributed by atoms with Crippen LogP contribution in [0.5, 0.6) is 0 Å². The monoisotopic (exact) mass is 741 g/mol. The maximum Gasteiger partial charge on any atom is 0.136 e. The molecule has 9 aromatic carbocycles. The zero-order chi connectivity index (χ0) is 38.7. The first-order valence-electron chi connectivity index (χ1n) is 19.7. The number of benzene rings is 9. The lowest BCUT2D eigenvalue weighted by molar-refractivity contribution is 0.632. The Morgan fingerprint density at radius 1 is 0.276 bits per heavy atom. The predicted octanol–water partition coefficient (Wildman–Crippen LogP) is 15.9. The van der Waals surface area contributed by atoms with Crippen molar-refractivity contribution in [2.75, 3.05) is 4.90 Å². The Labute approximate surface area is 339 Å². The minimum atomic E-state index is 0.859. The summed E-state index contributed by atoms with van der Waals surface area (Å²) < 4.78 is 6.46. The van der Waals surface area contributed by atoms with E-state index < -0.39 is 0 Å². The Morgan fingerprint density at radius 2 is 0.741 bits per heavy atom. The lowest BCUT2D eigenvalue weighted by atomic mass is 9.93. The second-order valence-corrected chi connectivity index (χ2v) is 14.5. The first kappa shape index (κ1) is 34.8. The van der Waals surface area contributed by atoms with Crippen molar-refractivity contribution in [2.24, 2.45) is 0 Å². The number of furan rings is 1. The molecule has 1 aromatic heterocycles. The predicted molar refractivity (Wildman–Crippen MR) is 244 cm³/mol. The average Bonchev–Trinajstić information content (AvgIpc) is 3.75. The van der Waals surface area contributed by atoms with E-state index in [1.54, 1.807) is 0 Å². The molecular weight excluding hydrogens is 703 g/mol. The summed E-state index contributed by atoms with van der Waals surface area (Å²) in [5.74, 6) is 0.859. The van der Waals surface area contributed by atoms with E-state index in [0.717, 1.165) is 61.6 Å². The van der Waals surface area contributed by atoms with Crippen LogP contribution >= 0.6 is 0 Å². The number of hydrogen-bond donors (Lipinski definition) is 0. The average molecular weight is 742 g/mol. The van der Waals surface area contributed by atoms with E-state index in [1.807, 2.05) is 12.1 Å². The van der Waals surface area contributed by atoms with Crippen molar-refractivity contribution in [1.82, 2.24) is 0 Å². The van der Waals surface area contributed by atoms with Crippen LogP contribution in [0.3, 0.4) is 0 Å². The minimum Gasteiger partial charge on any atom is -0.456 e. The number of hydrogen-bond acceptors (Lipinski definition) is 2. The molecular formula is C56H39NO. The first-order valence-corrected chi connectivity index (χ1v) is 19.7. The largest absolute Gasteiger partial charge is 0.456 e. The summed E-state index contributed by atoms with van der Waals surface area (Å²) in [5, 5.41) is 1.09. The zero-order valence-electron chi connectivity index (χ0n) is 31.9. The molecule has 0 spiro atoms. The number of para-hydroxylation sites is 2. The fourth-order valence-electron chi connectivity index (χ4n) is 7.98. The maximum atomic E-state index is 6.46. The lowest BCUT2D eigenvalue weighted by Gasteiger charge is -2.28. The molecule has 0 bridgehead atoms. The molecule has 0 fully saturated rings. The molecule has 10 aromatic rings. The second kappa shape index (κ2) is 15.5. The van der Waals surface area contributed by atoms with Gasteiger partial charge in [0.2, 0.25) is 0 Å². The number of rotatable bonds is 9. The van der Waals surface area contributed by atoms with Gasteiger partial charge in [0.15, 0.2) is 0 Å². The molecule has 2 heteroatoms. The van der Waals surface area contributed by atoms with Crippen molar-refractivity contribution in [3.05, 3.63) is 237 Å². The molecule has 0 aliphatic heterocycles. The van der Waals surface area contributed by atoms with Gasteiger partial charge < -0.3 is 9.32 Å². The van der Waals surface area contributed by atoms with Crippen molar-refractivity contribution < 1.29 is 4.42 Å². The summed E-state index contributed by atoms with van der Waals surface area (Å²) in [6.45, 7) is 0. The standard InChI is InChI=1S/C56H39NO/c1-4-15-40(16-5-1)45-22-14-23-46(37-45)41-27-32-49(33-28-41)57(54-25-12-11-24-52(54)44-19-8-3-9-20-44)50-34-29-42(30-35-50)47-31-36-51(43-17-6-2-7-18-43)53(38-47)56-39-48-21-10-13-26-55(48)58-56/h1-39H. The van der Waals surface area contributed by atoms with Gasteiger partial charge in [-0.2, -0.15) is 0 Å². The number of nitrogens with zero attached hydrogens (tertiary/aromatic N) is 1. The highest BCUT2D eigenvalue weighted by molar-refractivity contribution is 5.92. The van der Waals surface area contributed by atoms with E-state index in [4.69, 9.17) is 4.42 Å². The van der Waals surface area contributed by atoms with E-state index in [2.05, 4.69) is 229 Å². The van der Waals surface area contributed by atoms with Crippen molar-refractivity contribution in [1.29, 1.82) is 0 Å². The Balaban J connectivity index is 1.05. The summed E-state index contributed by atoms with van der Waals surface area (Å²) >= 11 is 0. The summed E-state index contributed by atoms with van der Waals surface area (Å²) in [5.41, 5.74) is 16.9. The van der Waals surface area contributed by atoms with Crippen LogP contribution in [0.1, 0.15) is 0 Å². The summed E-state index contributed by atoms with van der Waals surface area (Å²) in [6.07, 6.45) is 0. The molecule has 0 N–H and O–H groups in total. The van der Waals surface area contributed by atoms with Crippen LogP contribution in [0.25, 0.3) is 77.9 Å². The topological polar surface area (TPSA) is 16.4 Å². The van der Waals surface area contributed by atoms with Crippen LogP contribution < -0.4 is 4.90 Å². The highest BCUT2D eigenvalue weighted by Gasteiger charge is 2.19.